The van der Waals surface area contributed by atoms with Crippen LogP contribution in [0, 0.1) is 5.41 Å². The largest absolute Gasteiger partial charge is 0.493 e. The molecule has 1 aromatic rings. The van der Waals surface area contributed by atoms with Crippen LogP contribution in [0.4, 0.5) is 14.5 Å². The van der Waals surface area contributed by atoms with Crippen LogP contribution in [0.2, 0.25) is 0 Å². The molecule has 1 saturated heterocycles. The molecule has 1 aliphatic heterocycles. The quantitative estimate of drug-likeness (QED) is 0.865. The van der Waals surface area contributed by atoms with E-state index in [1.165, 1.54) is 13.2 Å². The van der Waals surface area contributed by atoms with Crippen LogP contribution in [0.25, 0.3) is 0 Å². The highest BCUT2D eigenvalue weighted by Crippen LogP contribution is 2.32. The van der Waals surface area contributed by atoms with Crippen LogP contribution in [-0.2, 0) is 4.74 Å². The monoisotopic (exact) mass is 273 g/mol. The normalized spacial score (nSPS) is 16.9. The lowest BCUT2D eigenvalue weighted by atomic mass is 9.89. The maximum Gasteiger partial charge on any atom is 0.387 e. The summed E-state index contributed by atoms with van der Waals surface area (Å²) in [4.78, 5) is 0. The van der Waals surface area contributed by atoms with Crippen LogP contribution in [0.5, 0.6) is 11.5 Å². The van der Waals surface area contributed by atoms with Crippen molar-refractivity contribution in [1.29, 1.82) is 0 Å². The number of alkyl halides is 2. The number of hydrogen-bond acceptors (Lipinski definition) is 4. The first-order valence-corrected chi connectivity index (χ1v) is 5.97. The third kappa shape index (κ3) is 3.47. The van der Waals surface area contributed by atoms with Gasteiger partial charge in [0.1, 0.15) is 0 Å². The van der Waals surface area contributed by atoms with Gasteiger partial charge in [-0.3, -0.25) is 0 Å². The molecule has 19 heavy (non-hydrogen) atoms. The van der Waals surface area contributed by atoms with E-state index in [0.29, 0.717) is 25.4 Å². The summed E-state index contributed by atoms with van der Waals surface area (Å²) in [6, 6.07) is 4.87. The molecule has 1 heterocycles. The van der Waals surface area contributed by atoms with Crippen molar-refractivity contribution in [2.75, 3.05) is 32.2 Å². The first-order valence-electron chi connectivity index (χ1n) is 5.97. The van der Waals surface area contributed by atoms with Crippen LogP contribution >= 0.6 is 0 Å². The van der Waals surface area contributed by atoms with E-state index >= 15 is 0 Å². The van der Waals surface area contributed by atoms with Gasteiger partial charge in [0, 0.05) is 23.7 Å². The van der Waals surface area contributed by atoms with Crippen molar-refractivity contribution in [2.45, 2.75) is 13.5 Å². The van der Waals surface area contributed by atoms with E-state index in [4.69, 9.17) is 9.47 Å². The fraction of sp³-hybridized carbons (Fsp3) is 0.538. The number of benzene rings is 1. The third-order valence-corrected chi connectivity index (χ3v) is 3.00. The molecule has 0 bridgehead atoms. The summed E-state index contributed by atoms with van der Waals surface area (Å²) in [5.74, 6) is 0.307. The molecule has 106 valence electrons. The minimum absolute atomic E-state index is 0.0255. The second-order valence-electron chi connectivity index (χ2n) is 4.90. The Morgan fingerprint density at radius 3 is 2.63 bits per heavy atom. The number of halogens is 2. The van der Waals surface area contributed by atoms with E-state index in [-0.39, 0.29) is 16.9 Å². The second-order valence-corrected chi connectivity index (χ2v) is 4.90. The Balaban J connectivity index is 2.04. The lowest BCUT2D eigenvalue weighted by Gasteiger charge is -2.38. The van der Waals surface area contributed by atoms with Crippen molar-refractivity contribution in [2.24, 2.45) is 5.41 Å². The molecule has 1 fully saturated rings. The van der Waals surface area contributed by atoms with Gasteiger partial charge in [-0.15, -0.1) is 0 Å². The average Bonchev–Trinajstić information content (AvgIpc) is 2.33. The van der Waals surface area contributed by atoms with Crippen LogP contribution < -0.4 is 14.8 Å². The summed E-state index contributed by atoms with van der Waals surface area (Å²) in [6.07, 6.45) is 0. The minimum atomic E-state index is -2.87. The second kappa shape index (κ2) is 5.61. The van der Waals surface area contributed by atoms with Crippen molar-refractivity contribution < 1.29 is 23.0 Å². The summed E-state index contributed by atoms with van der Waals surface area (Å²) >= 11 is 0. The van der Waals surface area contributed by atoms with Crippen LogP contribution in [-0.4, -0.2) is 33.5 Å². The maximum absolute atomic E-state index is 12.3. The van der Waals surface area contributed by atoms with Gasteiger partial charge in [-0.05, 0) is 12.1 Å². The smallest absolute Gasteiger partial charge is 0.387 e. The topological polar surface area (TPSA) is 39.7 Å². The first-order chi connectivity index (χ1) is 9.02. The number of nitrogens with one attached hydrogen (secondary N) is 1. The van der Waals surface area contributed by atoms with Crippen LogP contribution in [0.3, 0.4) is 0 Å². The van der Waals surface area contributed by atoms with Gasteiger partial charge in [0.05, 0.1) is 20.3 Å². The van der Waals surface area contributed by atoms with E-state index < -0.39 is 6.61 Å². The highest BCUT2D eigenvalue weighted by Gasteiger charge is 2.32. The molecule has 1 N–H and O–H groups in total. The molecule has 2 rings (SSSR count). The van der Waals surface area contributed by atoms with Crippen molar-refractivity contribution in [3.05, 3.63) is 18.2 Å². The van der Waals surface area contributed by atoms with Crippen molar-refractivity contribution in [3.63, 3.8) is 0 Å². The van der Waals surface area contributed by atoms with E-state index in [1.807, 2.05) is 0 Å². The van der Waals surface area contributed by atoms with Gasteiger partial charge in [0.15, 0.2) is 11.5 Å². The summed E-state index contributed by atoms with van der Waals surface area (Å²) in [6.45, 7) is 1.35. The number of rotatable bonds is 6. The van der Waals surface area contributed by atoms with Crippen molar-refractivity contribution in [1.82, 2.24) is 0 Å². The van der Waals surface area contributed by atoms with Gasteiger partial charge in [-0.2, -0.15) is 8.78 Å². The van der Waals surface area contributed by atoms with Gasteiger partial charge in [0.25, 0.3) is 0 Å². The Bertz CT molecular complexity index is 436. The molecule has 0 aliphatic carbocycles. The van der Waals surface area contributed by atoms with Crippen molar-refractivity contribution in [3.8, 4) is 11.5 Å². The molecule has 4 nitrogen and oxygen atoms in total. The Hall–Kier alpha value is -1.56. The molecule has 0 unspecified atom stereocenters. The molecule has 6 heteroatoms. The summed E-state index contributed by atoms with van der Waals surface area (Å²) in [7, 11) is 1.41. The number of hydrogen-bond donors (Lipinski definition) is 1. The molecule has 0 atom stereocenters. The zero-order valence-electron chi connectivity index (χ0n) is 10.9. The van der Waals surface area contributed by atoms with Gasteiger partial charge in [-0.25, -0.2) is 0 Å². The number of anilines is 1. The first kappa shape index (κ1) is 13.9. The van der Waals surface area contributed by atoms with E-state index in [2.05, 4.69) is 17.0 Å². The van der Waals surface area contributed by atoms with Crippen LogP contribution in [0.1, 0.15) is 6.92 Å². The molecular formula is C13H17F2NO3. The maximum atomic E-state index is 12.3. The number of methoxy groups -OCH3 is 1. The number of ether oxygens (including phenoxy) is 3. The Morgan fingerprint density at radius 2 is 2.11 bits per heavy atom. The Kier molecular flexibility index (Phi) is 4.09. The highest BCUT2D eigenvalue weighted by atomic mass is 19.3. The molecule has 0 spiro atoms. The van der Waals surface area contributed by atoms with Gasteiger partial charge in [0.2, 0.25) is 0 Å². The summed E-state index contributed by atoms with van der Waals surface area (Å²) < 4.78 is 39.1. The van der Waals surface area contributed by atoms with Crippen molar-refractivity contribution >= 4 is 5.69 Å². The molecule has 0 radical (unpaired) electrons. The summed E-state index contributed by atoms with van der Waals surface area (Å²) in [5, 5.41) is 3.19. The fourth-order valence-electron chi connectivity index (χ4n) is 1.84. The van der Waals surface area contributed by atoms with E-state index in [0.717, 1.165) is 0 Å². The van der Waals surface area contributed by atoms with Gasteiger partial charge < -0.3 is 19.5 Å². The predicted octanol–water partition coefficient (Wildman–Crippen LogP) is 2.75. The van der Waals surface area contributed by atoms with E-state index in [9.17, 15) is 8.78 Å². The molecule has 0 amide bonds. The fourth-order valence-corrected chi connectivity index (χ4v) is 1.84. The average molecular weight is 273 g/mol. The Labute approximate surface area is 110 Å². The Morgan fingerprint density at radius 1 is 1.37 bits per heavy atom. The standard InChI is InChI=1S/C13H17F2NO3/c1-13(7-18-8-13)6-16-9-3-4-10(17-2)11(5-9)19-12(14)15/h3-5,12,16H,6-8H2,1-2H3. The zero-order valence-corrected chi connectivity index (χ0v) is 10.9. The molecular weight excluding hydrogens is 256 g/mol. The zero-order chi connectivity index (χ0) is 13.9. The lowest BCUT2D eigenvalue weighted by molar-refractivity contribution is -0.0924. The van der Waals surface area contributed by atoms with Crippen LogP contribution in [0.15, 0.2) is 18.2 Å². The SMILES string of the molecule is COc1ccc(NCC2(C)COC2)cc1OC(F)F. The molecule has 0 saturated carbocycles. The van der Waals surface area contributed by atoms with Gasteiger partial charge in [-0.1, -0.05) is 6.92 Å². The van der Waals surface area contributed by atoms with E-state index in [1.54, 1.807) is 12.1 Å². The molecule has 0 aromatic heterocycles. The lowest BCUT2D eigenvalue weighted by Crippen LogP contribution is -2.45. The molecule has 1 aromatic carbocycles. The minimum Gasteiger partial charge on any atom is -0.493 e. The molecule has 1 aliphatic rings. The predicted molar refractivity (Wildman–Crippen MR) is 67.0 cm³/mol. The third-order valence-electron chi connectivity index (χ3n) is 3.00. The van der Waals surface area contributed by atoms with Gasteiger partial charge >= 0.3 is 6.61 Å². The summed E-state index contributed by atoms with van der Waals surface area (Å²) in [5.41, 5.74) is 0.813. The highest BCUT2D eigenvalue weighted by molar-refractivity contribution is 5.54.